The summed E-state index contributed by atoms with van der Waals surface area (Å²) >= 11 is 0. The van der Waals surface area contributed by atoms with Crippen LogP contribution in [0.4, 0.5) is 0 Å². The van der Waals surface area contributed by atoms with Gasteiger partial charge in [0.05, 0.1) is 17.9 Å². The van der Waals surface area contributed by atoms with E-state index in [2.05, 4.69) is 92.1 Å². The zero-order chi connectivity index (χ0) is 31.9. The monoisotopic (exact) mass is 619 g/mol. The molecule has 0 saturated carbocycles. The van der Waals surface area contributed by atoms with E-state index in [-0.39, 0.29) is 12.3 Å². The van der Waals surface area contributed by atoms with Gasteiger partial charge in [0, 0.05) is 6.42 Å². The van der Waals surface area contributed by atoms with Gasteiger partial charge in [-0.15, -0.1) is 0 Å². The topological polar surface area (TPSA) is 104 Å². The standard InChI is InChI=1S/C36H61NO5S/c1-3-5-7-9-11-12-13-14-15-16-17-18-19-20-21-22-23-24-26-28-30-32-36(39)37-34(33-43(40,41)42)35(38)31-29-27-25-10-8-6-4-2/h5,7,11-12,14-15,17-18,20-21,23-24,34-35,38H,3-4,6,8-10,13,16,19,22,25-33H2,1-2H3,(H,37,39)(H,40,41,42)/b7-5-,12-11-,15-14-,18-17-,21-20-,24-23-. The van der Waals surface area contributed by atoms with Gasteiger partial charge in [-0.25, -0.2) is 0 Å². The summed E-state index contributed by atoms with van der Waals surface area (Å²) in [6.07, 6.45) is 41.5. The second-order valence-electron chi connectivity index (χ2n) is 11.1. The third kappa shape index (κ3) is 31.0. The molecule has 0 rings (SSSR count). The van der Waals surface area contributed by atoms with Crippen molar-refractivity contribution in [2.24, 2.45) is 0 Å². The molecule has 2 atom stereocenters. The average molecular weight is 620 g/mol. The molecule has 43 heavy (non-hydrogen) atoms. The van der Waals surface area contributed by atoms with Gasteiger partial charge in [-0.05, 0) is 64.2 Å². The van der Waals surface area contributed by atoms with Crippen molar-refractivity contribution >= 4 is 16.0 Å². The largest absolute Gasteiger partial charge is 0.391 e. The Bertz CT molecular complexity index is 947. The van der Waals surface area contributed by atoms with Crippen molar-refractivity contribution in [3.05, 3.63) is 72.9 Å². The van der Waals surface area contributed by atoms with Gasteiger partial charge < -0.3 is 10.4 Å². The summed E-state index contributed by atoms with van der Waals surface area (Å²) in [6, 6.07) is -0.994. The normalized spacial score (nSPS) is 14.4. The van der Waals surface area contributed by atoms with Gasteiger partial charge in [-0.3, -0.25) is 9.35 Å². The summed E-state index contributed by atoms with van der Waals surface area (Å²) in [5.74, 6) is -0.968. The quantitative estimate of drug-likeness (QED) is 0.0460. The van der Waals surface area contributed by atoms with Crippen molar-refractivity contribution in [1.29, 1.82) is 0 Å². The summed E-state index contributed by atoms with van der Waals surface area (Å²) in [5.41, 5.74) is 0. The van der Waals surface area contributed by atoms with Crippen LogP contribution in [0, 0.1) is 0 Å². The smallest absolute Gasteiger partial charge is 0.266 e. The maximum Gasteiger partial charge on any atom is 0.266 e. The Labute approximate surface area is 264 Å². The predicted molar refractivity (Wildman–Crippen MR) is 184 cm³/mol. The molecule has 246 valence electrons. The molecule has 0 aromatic rings. The average Bonchev–Trinajstić information content (AvgIpc) is 2.96. The van der Waals surface area contributed by atoms with Gasteiger partial charge in [0.25, 0.3) is 10.1 Å². The van der Waals surface area contributed by atoms with Gasteiger partial charge in [0.15, 0.2) is 0 Å². The molecule has 0 aliphatic carbocycles. The van der Waals surface area contributed by atoms with E-state index in [9.17, 15) is 22.9 Å². The minimum atomic E-state index is -4.31. The summed E-state index contributed by atoms with van der Waals surface area (Å²) in [7, 11) is -4.31. The first-order chi connectivity index (χ1) is 20.8. The van der Waals surface area contributed by atoms with E-state index in [1.807, 2.05) is 0 Å². The van der Waals surface area contributed by atoms with Gasteiger partial charge in [0.1, 0.15) is 0 Å². The van der Waals surface area contributed by atoms with Crippen LogP contribution in [0.25, 0.3) is 0 Å². The molecule has 2 unspecified atom stereocenters. The Morgan fingerprint density at radius 1 is 0.651 bits per heavy atom. The summed E-state index contributed by atoms with van der Waals surface area (Å²) in [4.78, 5) is 12.4. The molecule has 0 heterocycles. The Balaban J connectivity index is 4.04. The number of allylic oxidation sites excluding steroid dienone is 12. The van der Waals surface area contributed by atoms with E-state index in [4.69, 9.17) is 0 Å². The molecular formula is C36H61NO5S. The fraction of sp³-hybridized carbons (Fsp3) is 0.639. The highest BCUT2D eigenvalue weighted by atomic mass is 32.2. The van der Waals surface area contributed by atoms with E-state index >= 15 is 0 Å². The first-order valence-corrected chi connectivity index (χ1v) is 18.2. The van der Waals surface area contributed by atoms with Crippen LogP contribution >= 0.6 is 0 Å². The Kier molecular flexibility index (Phi) is 28.3. The number of rotatable bonds is 28. The minimum absolute atomic E-state index is 0.259. The summed E-state index contributed by atoms with van der Waals surface area (Å²) in [6.45, 7) is 4.32. The summed E-state index contributed by atoms with van der Waals surface area (Å²) < 4.78 is 32.1. The number of aliphatic hydroxyl groups excluding tert-OH is 1. The molecule has 0 aromatic carbocycles. The van der Waals surface area contributed by atoms with Crippen molar-refractivity contribution < 1.29 is 22.9 Å². The van der Waals surface area contributed by atoms with Crippen LogP contribution in [0.5, 0.6) is 0 Å². The Morgan fingerprint density at radius 3 is 1.60 bits per heavy atom. The molecule has 0 fully saturated rings. The molecule has 0 aromatic heterocycles. The molecule has 0 radical (unpaired) electrons. The molecular weight excluding hydrogens is 558 g/mol. The van der Waals surface area contributed by atoms with Gasteiger partial charge in [-0.1, -0.05) is 132 Å². The summed E-state index contributed by atoms with van der Waals surface area (Å²) in [5, 5.41) is 13.1. The fourth-order valence-electron chi connectivity index (χ4n) is 4.45. The maximum absolute atomic E-state index is 12.4. The highest BCUT2D eigenvalue weighted by Gasteiger charge is 2.25. The van der Waals surface area contributed by atoms with E-state index in [1.165, 1.54) is 19.3 Å². The zero-order valence-corrected chi connectivity index (χ0v) is 27.9. The number of hydrogen-bond donors (Lipinski definition) is 3. The van der Waals surface area contributed by atoms with E-state index < -0.39 is 28.0 Å². The number of amides is 1. The van der Waals surface area contributed by atoms with Crippen molar-refractivity contribution in [2.45, 2.75) is 142 Å². The molecule has 0 aliphatic rings. The lowest BCUT2D eigenvalue weighted by Gasteiger charge is -2.23. The van der Waals surface area contributed by atoms with Crippen molar-refractivity contribution in [3.8, 4) is 0 Å². The molecule has 0 saturated heterocycles. The second-order valence-corrected chi connectivity index (χ2v) is 12.6. The molecule has 0 spiro atoms. The van der Waals surface area contributed by atoms with Crippen LogP contribution in [0.1, 0.15) is 129 Å². The lowest BCUT2D eigenvalue weighted by atomic mass is 10.0. The molecule has 3 N–H and O–H groups in total. The fourth-order valence-corrected chi connectivity index (χ4v) is 5.21. The van der Waals surface area contributed by atoms with Crippen LogP contribution in [0.15, 0.2) is 72.9 Å². The van der Waals surface area contributed by atoms with E-state index in [0.717, 1.165) is 77.0 Å². The maximum atomic E-state index is 12.4. The molecule has 0 bridgehead atoms. The molecule has 0 aliphatic heterocycles. The molecule has 1 amide bonds. The van der Waals surface area contributed by atoms with Gasteiger partial charge >= 0.3 is 0 Å². The third-order valence-corrected chi connectivity index (χ3v) is 7.71. The van der Waals surface area contributed by atoms with Crippen LogP contribution in [0.3, 0.4) is 0 Å². The third-order valence-electron chi connectivity index (χ3n) is 6.93. The second kappa shape index (κ2) is 29.8. The number of hydrogen-bond acceptors (Lipinski definition) is 4. The van der Waals surface area contributed by atoms with E-state index in [1.54, 1.807) is 0 Å². The van der Waals surface area contributed by atoms with Crippen LogP contribution in [-0.2, 0) is 14.9 Å². The van der Waals surface area contributed by atoms with Crippen molar-refractivity contribution in [2.75, 3.05) is 5.75 Å². The predicted octanol–water partition coefficient (Wildman–Crippen LogP) is 9.12. The Hall–Kier alpha value is -2.22. The number of carbonyl (C=O) groups excluding carboxylic acids is 1. The van der Waals surface area contributed by atoms with Gasteiger partial charge in [-0.2, -0.15) is 8.42 Å². The first kappa shape index (κ1) is 40.8. The van der Waals surface area contributed by atoms with Crippen molar-refractivity contribution in [3.63, 3.8) is 0 Å². The highest BCUT2D eigenvalue weighted by Crippen LogP contribution is 2.13. The lowest BCUT2D eigenvalue weighted by molar-refractivity contribution is -0.122. The zero-order valence-electron chi connectivity index (χ0n) is 27.0. The van der Waals surface area contributed by atoms with Crippen LogP contribution < -0.4 is 5.32 Å². The molecule has 7 heteroatoms. The lowest BCUT2D eigenvalue weighted by Crippen LogP contribution is -2.47. The SMILES string of the molecule is CC/C=C\C/C=C\C/C=C\C/C=C\C/C=C\C/C=C\CCCCC(=O)NC(CS(=O)(=O)O)C(O)CCCCCCCCC. The number of unbranched alkanes of at least 4 members (excludes halogenated alkanes) is 8. The van der Waals surface area contributed by atoms with Crippen LogP contribution in [0.2, 0.25) is 0 Å². The van der Waals surface area contributed by atoms with Gasteiger partial charge in [0.2, 0.25) is 5.91 Å². The Morgan fingerprint density at radius 2 is 1.12 bits per heavy atom. The number of carbonyl (C=O) groups is 1. The first-order valence-electron chi connectivity index (χ1n) is 16.6. The van der Waals surface area contributed by atoms with Crippen LogP contribution in [-0.4, -0.2) is 41.9 Å². The van der Waals surface area contributed by atoms with E-state index in [0.29, 0.717) is 12.8 Å². The van der Waals surface area contributed by atoms with Crippen molar-refractivity contribution in [1.82, 2.24) is 5.32 Å². The number of nitrogens with one attached hydrogen (secondary N) is 1. The molecule has 6 nitrogen and oxygen atoms in total. The highest BCUT2D eigenvalue weighted by molar-refractivity contribution is 7.85. The number of aliphatic hydroxyl groups is 1. The minimum Gasteiger partial charge on any atom is -0.391 e.